The molecule has 0 aliphatic carbocycles. The largest absolute Gasteiger partial charge is 0.463 e. The van der Waals surface area contributed by atoms with Crippen LogP contribution >= 0.6 is 0 Å². The maximum atomic E-state index is 12.9. The Hall–Kier alpha value is -2.41. The Labute approximate surface area is 179 Å². The fourth-order valence-corrected chi connectivity index (χ4v) is 4.17. The summed E-state index contributed by atoms with van der Waals surface area (Å²) in [4.78, 5) is 26.3. The lowest BCUT2D eigenvalue weighted by Crippen LogP contribution is -2.44. The van der Waals surface area contributed by atoms with Crippen LogP contribution in [0.3, 0.4) is 0 Å². The van der Waals surface area contributed by atoms with Gasteiger partial charge in [0.1, 0.15) is 6.23 Å². The molecular formula is C23H34N2O5. The third kappa shape index (κ3) is 5.59. The van der Waals surface area contributed by atoms with Crippen molar-refractivity contribution in [2.45, 2.75) is 71.9 Å². The van der Waals surface area contributed by atoms with Gasteiger partial charge >= 0.3 is 5.97 Å². The number of rotatable bonds is 11. The third-order valence-corrected chi connectivity index (χ3v) is 5.57. The molecule has 0 saturated heterocycles. The summed E-state index contributed by atoms with van der Waals surface area (Å²) >= 11 is 0. The number of hydrogen-bond acceptors (Lipinski definition) is 6. The summed E-state index contributed by atoms with van der Waals surface area (Å²) < 4.78 is 11.4. The smallest absolute Gasteiger partial charge is 0.336 e. The molecule has 30 heavy (non-hydrogen) atoms. The number of carbonyl (C=O) groups excluding carboxylic acids is 1. The normalized spacial score (nSPS) is 19.1. The van der Waals surface area contributed by atoms with E-state index in [-0.39, 0.29) is 23.4 Å². The van der Waals surface area contributed by atoms with E-state index in [2.05, 4.69) is 11.8 Å². The zero-order valence-corrected chi connectivity index (χ0v) is 18.6. The predicted molar refractivity (Wildman–Crippen MR) is 116 cm³/mol. The zero-order valence-electron chi connectivity index (χ0n) is 18.6. The second-order valence-corrected chi connectivity index (χ2v) is 7.49. The lowest BCUT2D eigenvalue weighted by molar-refractivity contribution is -0.385. The van der Waals surface area contributed by atoms with Crippen molar-refractivity contribution in [2.24, 2.45) is 0 Å². The molecule has 0 bridgehead atoms. The highest BCUT2D eigenvalue weighted by atomic mass is 16.6. The minimum atomic E-state index is -0.450. The number of nitrogens with zero attached hydrogens (tertiary/aromatic N) is 2. The van der Waals surface area contributed by atoms with Crippen LogP contribution in [0.2, 0.25) is 0 Å². The average molecular weight is 419 g/mol. The second kappa shape index (κ2) is 11.7. The van der Waals surface area contributed by atoms with Gasteiger partial charge in [0.15, 0.2) is 0 Å². The monoisotopic (exact) mass is 418 g/mol. The van der Waals surface area contributed by atoms with E-state index in [9.17, 15) is 14.9 Å². The van der Waals surface area contributed by atoms with Crippen molar-refractivity contribution in [1.82, 2.24) is 4.90 Å². The van der Waals surface area contributed by atoms with Gasteiger partial charge in [-0.3, -0.25) is 10.1 Å². The van der Waals surface area contributed by atoms with Crippen molar-refractivity contribution in [2.75, 3.05) is 19.8 Å². The van der Waals surface area contributed by atoms with Gasteiger partial charge in [0.2, 0.25) is 0 Å². The van der Waals surface area contributed by atoms with Crippen LogP contribution in [-0.2, 0) is 14.3 Å². The van der Waals surface area contributed by atoms with Gasteiger partial charge in [-0.05, 0) is 27.2 Å². The van der Waals surface area contributed by atoms with Crippen LogP contribution in [0.5, 0.6) is 0 Å². The highest BCUT2D eigenvalue weighted by Crippen LogP contribution is 2.42. The zero-order chi connectivity index (χ0) is 22.1. The number of unbranched alkanes of at least 4 members (excludes halogenated alkanes) is 3. The molecule has 0 N–H and O–H groups in total. The van der Waals surface area contributed by atoms with Crippen molar-refractivity contribution >= 4 is 11.7 Å². The van der Waals surface area contributed by atoms with Crippen LogP contribution in [0.4, 0.5) is 5.69 Å². The molecule has 1 aliphatic heterocycles. The molecule has 0 radical (unpaired) electrons. The molecule has 1 aliphatic rings. The van der Waals surface area contributed by atoms with Crippen LogP contribution in [0.15, 0.2) is 35.5 Å². The fraction of sp³-hybridized carbons (Fsp3) is 0.609. The highest BCUT2D eigenvalue weighted by molar-refractivity contribution is 5.91. The van der Waals surface area contributed by atoms with Gasteiger partial charge in [-0.2, -0.15) is 0 Å². The SMILES string of the molecule is CCCCCCN1C(C)=C(C(=O)OCC)C(c2ccccc2[N+](=O)[O-])CC1OCC. The first-order valence-electron chi connectivity index (χ1n) is 11.0. The number of carbonyl (C=O) groups is 1. The Morgan fingerprint density at radius 1 is 1.17 bits per heavy atom. The average Bonchev–Trinajstić information content (AvgIpc) is 2.72. The Bertz CT molecular complexity index is 762. The van der Waals surface area contributed by atoms with Crippen molar-refractivity contribution in [3.63, 3.8) is 0 Å². The van der Waals surface area contributed by atoms with Crippen LogP contribution in [0, 0.1) is 10.1 Å². The predicted octanol–water partition coefficient (Wildman–Crippen LogP) is 5.16. The van der Waals surface area contributed by atoms with E-state index in [0.29, 0.717) is 24.2 Å². The quantitative estimate of drug-likeness (QED) is 0.214. The van der Waals surface area contributed by atoms with Gasteiger partial charge in [-0.1, -0.05) is 44.4 Å². The summed E-state index contributed by atoms with van der Waals surface area (Å²) in [5, 5.41) is 11.7. The lowest BCUT2D eigenvalue weighted by Gasteiger charge is -2.42. The number of hydrogen-bond donors (Lipinski definition) is 0. The Balaban J connectivity index is 2.51. The van der Waals surface area contributed by atoms with Gasteiger partial charge in [0, 0.05) is 42.8 Å². The number of para-hydroxylation sites is 1. The lowest BCUT2D eigenvalue weighted by atomic mass is 9.82. The molecule has 1 aromatic carbocycles. The number of ether oxygens (including phenoxy) is 2. The van der Waals surface area contributed by atoms with E-state index in [1.54, 1.807) is 25.1 Å². The molecule has 2 atom stereocenters. The molecule has 0 spiro atoms. The summed E-state index contributed by atoms with van der Waals surface area (Å²) in [5.74, 6) is -0.860. The molecular weight excluding hydrogens is 384 g/mol. The van der Waals surface area contributed by atoms with Crippen LogP contribution < -0.4 is 0 Å². The number of nitro benzene ring substituents is 1. The number of allylic oxidation sites excluding steroid dienone is 1. The summed E-state index contributed by atoms with van der Waals surface area (Å²) in [6.07, 6.45) is 4.66. The molecule has 7 nitrogen and oxygen atoms in total. The van der Waals surface area contributed by atoms with Gasteiger partial charge in [-0.15, -0.1) is 0 Å². The summed E-state index contributed by atoms with van der Waals surface area (Å²) in [6.45, 7) is 9.34. The Morgan fingerprint density at radius 2 is 1.90 bits per heavy atom. The molecule has 0 saturated carbocycles. The summed E-state index contributed by atoms with van der Waals surface area (Å²) in [6, 6.07) is 6.63. The fourth-order valence-electron chi connectivity index (χ4n) is 4.17. The highest BCUT2D eigenvalue weighted by Gasteiger charge is 2.40. The maximum Gasteiger partial charge on any atom is 0.336 e. The van der Waals surface area contributed by atoms with E-state index < -0.39 is 11.9 Å². The molecule has 1 heterocycles. The molecule has 2 rings (SSSR count). The van der Waals surface area contributed by atoms with Crippen LogP contribution in [-0.4, -0.2) is 41.8 Å². The van der Waals surface area contributed by atoms with Crippen molar-refractivity contribution in [3.05, 3.63) is 51.2 Å². The standard InChI is InChI=1S/C23H34N2O5/c1-5-8-9-12-15-24-17(4)22(23(26)30-7-3)19(16-21(24)29-6-2)18-13-10-11-14-20(18)25(27)28/h10-11,13-14,19,21H,5-9,12,15-16H2,1-4H3. The Kier molecular flexibility index (Phi) is 9.30. The van der Waals surface area contributed by atoms with E-state index in [4.69, 9.17) is 9.47 Å². The van der Waals surface area contributed by atoms with E-state index in [1.165, 1.54) is 12.5 Å². The molecule has 1 aromatic rings. The first-order chi connectivity index (χ1) is 14.5. The Morgan fingerprint density at radius 3 is 2.53 bits per heavy atom. The van der Waals surface area contributed by atoms with E-state index in [0.717, 1.165) is 31.5 Å². The maximum absolute atomic E-state index is 12.9. The van der Waals surface area contributed by atoms with Crippen molar-refractivity contribution in [1.29, 1.82) is 0 Å². The van der Waals surface area contributed by atoms with Crippen LogP contribution in [0.1, 0.15) is 71.3 Å². The van der Waals surface area contributed by atoms with Crippen molar-refractivity contribution < 1.29 is 19.2 Å². The van der Waals surface area contributed by atoms with Crippen LogP contribution in [0.25, 0.3) is 0 Å². The minimum absolute atomic E-state index is 0.0174. The molecule has 2 unspecified atom stereocenters. The topological polar surface area (TPSA) is 81.9 Å². The minimum Gasteiger partial charge on any atom is -0.463 e. The van der Waals surface area contributed by atoms with Gasteiger partial charge in [0.05, 0.1) is 17.1 Å². The first kappa shape index (κ1) is 23.9. The van der Waals surface area contributed by atoms with Crippen molar-refractivity contribution in [3.8, 4) is 0 Å². The number of benzene rings is 1. The molecule has 0 amide bonds. The molecule has 166 valence electrons. The second-order valence-electron chi connectivity index (χ2n) is 7.49. The number of esters is 1. The molecule has 0 aromatic heterocycles. The summed E-state index contributed by atoms with van der Waals surface area (Å²) in [5.41, 5.74) is 1.83. The van der Waals surface area contributed by atoms with Gasteiger partial charge < -0.3 is 14.4 Å². The molecule has 7 heteroatoms. The first-order valence-corrected chi connectivity index (χ1v) is 11.0. The van der Waals surface area contributed by atoms with E-state index in [1.807, 2.05) is 13.8 Å². The summed E-state index contributed by atoms with van der Waals surface area (Å²) in [7, 11) is 0. The van der Waals surface area contributed by atoms with E-state index >= 15 is 0 Å². The number of nitro groups is 1. The third-order valence-electron chi connectivity index (χ3n) is 5.57. The van der Waals surface area contributed by atoms with Gasteiger partial charge in [0.25, 0.3) is 5.69 Å². The molecule has 0 fully saturated rings. The van der Waals surface area contributed by atoms with Gasteiger partial charge in [-0.25, -0.2) is 4.79 Å².